The highest BCUT2D eigenvalue weighted by Gasteiger charge is 2.27. The molecule has 0 bridgehead atoms. The van der Waals surface area contributed by atoms with Crippen LogP contribution in [0.15, 0.2) is 59.5 Å². The van der Waals surface area contributed by atoms with Gasteiger partial charge in [-0.25, -0.2) is 13.2 Å². The highest BCUT2D eigenvalue weighted by atomic mass is 32.2. The SMILES string of the molecule is COC(=O)C(Cc1ccccc1)NC(=O)c1ccc(S(=O)(=O)C(F)F)cc1. The standard InChI is InChI=1S/C18H17F2NO5S/c1-26-17(23)15(11-12-5-3-2-4-6-12)21-16(22)13-7-9-14(10-8-13)27(24,25)18(19)20/h2-10,15,18H,11H2,1H3,(H,21,22). The van der Waals surface area contributed by atoms with Crippen LogP contribution < -0.4 is 5.32 Å². The number of hydrogen-bond donors (Lipinski definition) is 1. The first-order valence-electron chi connectivity index (χ1n) is 7.80. The van der Waals surface area contributed by atoms with Crippen molar-refractivity contribution in [3.05, 3.63) is 65.7 Å². The molecule has 1 N–H and O–H groups in total. The van der Waals surface area contributed by atoms with Gasteiger partial charge in [-0.2, -0.15) is 8.78 Å². The molecule has 0 aliphatic heterocycles. The molecule has 1 amide bonds. The van der Waals surface area contributed by atoms with Gasteiger partial charge in [-0.05, 0) is 29.8 Å². The molecule has 0 aliphatic rings. The Kier molecular flexibility index (Phi) is 6.62. The van der Waals surface area contributed by atoms with E-state index >= 15 is 0 Å². The van der Waals surface area contributed by atoms with Gasteiger partial charge < -0.3 is 10.1 Å². The van der Waals surface area contributed by atoms with E-state index in [-0.39, 0.29) is 12.0 Å². The van der Waals surface area contributed by atoms with Gasteiger partial charge in [0, 0.05) is 12.0 Å². The minimum atomic E-state index is -4.74. The van der Waals surface area contributed by atoms with Gasteiger partial charge in [0.2, 0.25) is 9.84 Å². The summed E-state index contributed by atoms with van der Waals surface area (Å²) in [7, 11) is -3.55. The summed E-state index contributed by atoms with van der Waals surface area (Å²) in [5, 5.41) is 2.50. The summed E-state index contributed by atoms with van der Waals surface area (Å²) < 4.78 is 52.6. The van der Waals surface area contributed by atoms with Crippen molar-refractivity contribution >= 4 is 21.7 Å². The minimum absolute atomic E-state index is 0.0187. The zero-order chi connectivity index (χ0) is 20.0. The van der Waals surface area contributed by atoms with Gasteiger partial charge in [0.1, 0.15) is 6.04 Å². The van der Waals surface area contributed by atoms with Gasteiger partial charge in [0.25, 0.3) is 5.91 Å². The van der Waals surface area contributed by atoms with Crippen molar-refractivity contribution in [2.24, 2.45) is 0 Å². The normalized spacial score (nSPS) is 12.4. The van der Waals surface area contributed by atoms with Gasteiger partial charge in [0.05, 0.1) is 12.0 Å². The highest BCUT2D eigenvalue weighted by Crippen LogP contribution is 2.18. The van der Waals surface area contributed by atoms with E-state index in [1.165, 1.54) is 7.11 Å². The third-order valence-electron chi connectivity index (χ3n) is 3.75. The third-order valence-corrected chi connectivity index (χ3v) is 5.15. The van der Waals surface area contributed by atoms with Gasteiger partial charge in [-0.3, -0.25) is 4.79 Å². The number of nitrogens with one attached hydrogen (secondary N) is 1. The molecule has 0 radical (unpaired) electrons. The van der Waals surface area contributed by atoms with E-state index in [0.717, 1.165) is 29.8 Å². The molecule has 2 rings (SSSR count). The van der Waals surface area contributed by atoms with Crippen LogP contribution in [0.5, 0.6) is 0 Å². The molecule has 0 aliphatic carbocycles. The van der Waals surface area contributed by atoms with Crippen molar-refractivity contribution < 1.29 is 31.5 Å². The Labute approximate surface area is 155 Å². The fraction of sp³-hybridized carbons (Fsp3) is 0.222. The average molecular weight is 397 g/mol. The zero-order valence-electron chi connectivity index (χ0n) is 14.3. The molecule has 0 saturated heterocycles. The number of carbonyl (C=O) groups excluding carboxylic acids is 2. The number of alkyl halides is 2. The van der Waals surface area contributed by atoms with Gasteiger partial charge in [-0.1, -0.05) is 30.3 Å². The van der Waals surface area contributed by atoms with Crippen LogP contribution >= 0.6 is 0 Å². The molecule has 144 valence electrons. The lowest BCUT2D eigenvalue weighted by Crippen LogP contribution is -2.43. The van der Waals surface area contributed by atoms with Crippen LogP contribution in [0, 0.1) is 0 Å². The Morgan fingerprint density at radius 2 is 1.63 bits per heavy atom. The number of halogens is 2. The van der Waals surface area contributed by atoms with E-state index < -0.39 is 38.4 Å². The maximum Gasteiger partial charge on any atom is 0.341 e. The summed E-state index contributed by atoms with van der Waals surface area (Å²) in [6.07, 6.45) is 0.192. The number of rotatable bonds is 7. The van der Waals surface area contributed by atoms with Crippen LogP contribution in [0.25, 0.3) is 0 Å². The lowest BCUT2D eigenvalue weighted by molar-refractivity contribution is -0.142. The number of hydrogen-bond acceptors (Lipinski definition) is 5. The van der Waals surface area contributed by atoms with Crippen molar-refractivity contribution in [3.8, 4) is 0 Å². The fourth-order valence-electron chi connectivity index (χ4n) is 2.33. The Morgan fingerprint density at radius 3 is 2.15 bits per heavy atom. The summed E-state index contributed by atoms with van der Waals surface area (Å²) >= 11 is 0. The Hall–Kier alpha value is -2.81. The largest absolute Gasteiger partial charge is 0.467 e. The monoisotopic (exact) mass is 397 g/mol. The molecule has 0 aromatic heterocycles. The molecule has 0 saturated carbocycles. The van der Waals surface area contributed by atoms with Crippen molar-refractivity contribution in [2.45, 2.75) is 23.1 Å². The number of benzene rings is 2. The predicted molar refractivity (Wildman–Crippen MR) is 93.0 cm³/mol. The molecular weight excluding hydrogens is 380 g/mol. The first kappa shape index (κ1) is 20.5. The van der Waals surface area contributed by atoms with Gasteiger partial charge in [0.15, 0.2) is 0 Å². The molecule has 1 unspecified atom stereocenters. The lowest BCUT2D eigenvalue weighted by atomic mass is 10.1. The molecule has 2 aromatic rings. The third kappa shape index (κ3) is 5.10. The highest BCUT2D eigenvalue weighted by molar-refractivity contribution is 7.91. The second-order valence-corrected chi connectivity index (χ2v) is 7.49. The van der Waals surface area contributed by atoms with Crippen molar-refractivity contribution in [1.82, 2.24) is 5.32 Å². The summed E-state index contributed by atoms with van der Waals surface area (Å²) in [5.41, 5.74) is 0.816. The van der Waals surface area contributed by atoms with E-state index in [1.807, 2.05) is 6.07 Å². The van der Waals surface area contributed by atoms with Crippen LogP contribution in [0.2, 0.25) is 0 Å². The number of sulfone groups is 1. The fourth-order valence-corrected chi connectivity index (χ4v) is 3.05. The van der Waals surface area contributed by atoms with Crippen molar-refractivity contribution in [3.63, 3.8) is 0 Å². The van der Waals surface area contributed by atoms with Crippen LogP contribution in [-0.4, -0.2) is 39.2 Å². The molecule has 0 heterocycles. The summed E-state index contributed by atoms with van der Waals surface area (Å²) in [5.74, 6) is -4.86. The number of esters is 1. The second kappa shape index (κ2) is 8.72. The Bertz CT molecular complexity index is 899. The van der Waals surface area contributed by atoms with Crippen LogP contribution in [0.1, 0.15) is 15.9 Å². The first-order chi connectivity index (χ1) is 12.8. The van der Waals surface area contributed by atoms with E-state index in [2.05, 4.69) is 5.32 Å². The van der Waals surface area contributed by atoms with Gasteiger partial charge in [-0.15, -0.1) is 0 Å². The molecule has 0 spiro atoms. The average Bonchev–Trinajstić information content (AvgIpc) is 2.67. The number of carbonyl (C=O) groups is 2. The Morgan fingerprint density at radius 1 is 1.04 bits per heavy atom. The molecule has 27 heavy (non-hydrogen) atoms. The van der Waals surface area contributed by atoms with Gasteiger partial charge >= 0.3 is 11.7 Å². The smallest absolute Gasteiger partial charge is 0.341 e. The molecule has 2 aromatic carbocycles. The number of amides is 1. The quantitative estimate of drug-likeness (QED) is 0.724. The van der Waals surface area contributed by atoms with E-state index in [1.54, 1.807) is 24.3 Å². The molecular formula is C18H17F2NO5S. The maximum absolute atomic E-state index is 12.5. The molecule has 1 atom stereocenters. The maximum atomic E-state index is 12.5. The molecule has 0 fully saturated rings. The zero-order valence-corrected chi connectivity index (χ0v) is 15.1. The van der Waals surface area contributed by atoms with Crippen LogP contribution in [-0.2, 0) is 25.8 Å². The minimum Gasteiger partial charge on any atom is -0.467 e. The second-order valence-electron chi connectivity index (χ2n) is 5.57. The van der Waals surface area contributed by atoms with E-state index in [9.17, 15) is 26.8 Å². The summed E-state index contributed by atoms with van der Waals surface area (Å²) in [4.78, 5) is 23.7. The molecule has 9 heteroatoms. The lowest BCUT2D eigenvalue weighted by Gasteiger charge is -2.17. The van der Waals surface area contributed by atoms with Crippen LogP contribution in [0.3, 0.4) is 0 Å². The van der Waals surface area contributed by atoms with E-state index in [0.29, 0.717) is 0 Å². The summed E-state index contributed by atoms with van der Waals surface area (Å²) in [6, 6.07) is 12.0. The van der Waals surface area contributed by atoms with Crippen molar-refractivity contribution in [1.29, 1.82) is 0 Å². The topological polar surface area (TPSA) is 89.5 Å². The Balaban J connectivity index is 2.16. The van der Waals surface area contributed by atoms with Crippen LogP contribution in [0.4, 0.5) is 8.78 Å². The predicted octanol–water partition coefficient (Wildman–Crippen LogP) is 2.20. The molecule has 6 nitrogen and oxygen atoms in total. The number of ether oxygens (including phenoxy) is 1. The number of methoxy groups -OCH3 is 1. The summed E-state index contributed by atoms with van der Waals surface area (Å²) in [6.45, 7) is 0. The first-order valence-corrected chi connectivity index (χ1v) is 9.35. The van der Waals surface area contributed by atoms with E-state index in [4.69, 9.17) is 4.74 Å². The van der Waals surface area contributed by atoms with Crippen molar-refractivity contribution in [2.75, 3.05) is 7.11 Å².